The molecular formula is C14H21ClN2O. The van der Waals surface area contributed by atoms with E-state index in [1.165, 1.54) is 32.1 Å². The van der Waals surface area contributed by atoms with Crippen LogP contribution in [0.25, 0.3) is 0 Å². The molecule has 1 fully saturated rings. The Hall–Kier alpha value is -0.800. The van der Waals surface area contributed by atoms with Gasteiger partial charge in [0.25, 0.3) is 0 Å². The molecule has 1 saturated carbocycles. The highest BCUT2D eigenvalue weighted by atomic mass is 35.5. The van der Waals surface area contributed by atoms with Gasteiger partial charge in [-0.25, -0.2) is 0 Å². The molecule has 0 spiro atoms. The Morgan fingerprint density at radius 1 is 1.33 bits per heavy atom. The van der Waals surface area contributed by atoms with Crippen molar-refractivity contribution in [3.63, 3.8) is 0 Å². The van der Waals surface area contributed by atoms with Gasteiger partial charge in [0.2, 0.25) is 0 Å². The van der Waals surface area contributed by atoms with Crippen LogP contribution in [0.5, 0.6) is 5.75 Å². The number of hydrogen-bond donors (Lipinski definition) is 0. The van der Waals surface area contributed by atoms with E-state index in [1.54, 1.807) is 18.5 Å². The van der Waals surface area contributed by atoms with Gasteiger partial charge in [-0.3, -0.25) is 4.98 Å². The average molecular weight is 269 g/mol. The van der Waals surface area contributed by atoms with Gasteiger partial charge in [-0.15, -0.1) is 0 Å². The number of rotatable bonds is 5. The van der Waals surface area contributed by atoms with Gasteiger partial charge >= 0.3 is 0 Å². The lowest BCUT2D eigenvalue weighted by atomic mass is 9.94. The van der Waals surface area contributed by atoms with Gasteiger partial charge in [0.15, 0.2) is 0 Å². The van der Waals surface area contributed by atoms with E-state index in [4.69, 9.17) is 16.3 Å². The Bertz CT molecular complexity index is 367. The molecular weight excluding hydrogens is 248 g/mol. The van der Waals surface area contributed by atoms with Crippen molar-refractivity contribution >= 4 is 11.6 Å². The molecule has 0 atom stereocenters. The van der Waals surface area contributed by atoms with Crippen molar-refractivity contribution in [2.45, 2.75) is 38.1 Å². The van der Waals surface area contributed by atoms with E-state index < -0.39 is 0 Å². The summed E-state index contributed by atoms with van der Waals surface area (Å²) in [5.41, 5.74) is 0. The first-order valence-corrected chi connectivity index (χ1v) is 7.07. The summed E-state index contributed by atoms with van der Waals surface area (Å²) in [6, 6.07) is 2.54. The van der Waals surface area contributed by atoms with E-state index in [-0.39, 0.29) is 0 Å². The first-order chi connectivity index (χ1) is 8.75. The minimum absolute atomic E-state index is 0.619. The van der Waals surface area contributed by atoms with Crippen LogP contribution in [0, 0.1) is 0 Å². The molecule has 1 aromatic heterocycles. The van der Waals surface area contributed by atoms with E-state index in [9.17, 15) is 0 Å². The lowest BCUT2D eigenvalue weighted by Crippen LogP contribution is -2.36. The fourth-order valence-corrected chi connectivity index (χ4v) is 2.65. The minimum Gasteiger partial charge on any atom is -0.491 e. The van der Waals surface area contributed by atoms with E-state index in [0.29, 0.717) is 11.6 Å². The molecule has 0 N–H and O–H groups in total. The summed E-state index contributed by atoms with van der Waals surface area (Å²) < 4.78 is 5.66. The third-order valence-electron chi connectivity index (χ3n) is 3.59. The predicted molar refractivity (Wildman–Crippen MR) is 74.2 cm³/mol. The van der Waals surface area contributed by atoms with Crippen LogP contribution in [0.1, 0.15) is 32.1 Å². The number of hydrogen-bond acceptors (Lipinski definition) is 3. The summed E-state index contributed by atoms with van der Waals surface area (Å²) in [5, 5.41) is 0.619. The summed E-state index contributed by atoms with van der Waals surface area (Å²) in [4.78, 5) is 6.42. The molecule has 0 aliphatic heterocycles. The highest BCUT2D eigenvalue weighted by Gasteiger charge is 2.17. The minimum atomic E-state index is 0.619. The second-order valence-corrected chi connectivity index (χ2v) is 5.40. The van der Waals surface area contributed by atoms with Crippen LogP contribution in [0.4, 0.5) is 0 Å². The third-order valence-corrected chi connectivity index (χ3v) is 3.80. The zero-order valence-electron chi connectivity index (χ0n) is 10.9. The first-order valence-electron chi connectivity index (χ1n) is 6.69. The van der Waals surface area contributed by atoms with Crippen molar-refractivity contribution < 1.29 is 4.74 Å². The summed E-state index contributed by atoms with van der Waals surface area (Å²) >= 11 is 5.86. The fourth-order valence-electron chi connectivity index (χ4n) is 2.48. The maximum Gasteiger partial charge on any atom is 0.139 e. The van der Waals surface area contributed by atoms with Crippen LogP contribution < -0.4 is 4.74 Å². The number of likely N-dealkylation sites (N-methyl/N-ethyl adjacent to an activating group) is 1. The number of pyridine rings is 1. The molecule has 1 heterocycles. The number of aromatic nitrogens is 1. The van der Waals surface area contributed by atoms with Gasteiger partial charge in [-0.1, -0.05) is 30.9 Å². The van der Waals surface area contributed by atoms with E-state index >= 15 is 0 Å². The average Bonchev–Trinajstić information content (AvgIpc) is 2.40. The SMILES string of the molecule is CN(CCOc1cncc(Cl)c1)C1CCCCC1. The van der Waals surface area contributed by atoms with Gasteiger partial charge in [-0.05, 0) is 19.9 Å². The van der Waals surface area contributed by atoms with Gasteiger partial charge < -0.3 is 9.64 Å². The normalized spacial score (nSPS) is 17.1. The topological polar surface area (TPSA) is 25.4 Å². The van der Waals surface area contributed by atoms with Crippen LogP contribution in [0.2, 0.25) is 5.02 Å². The van der Waals surface area contributed by atoms with Crippen molar-refractivity contribution in [2.75, 3.05) is 20.2 Å². The van der Waals surface area contributed by atoms with Crippen LogP contribution in [-0.4, -0.2) is 36.1 Å². The van der Waals surface area contributed by atoms with Gasteiger partial charge in [0.1, 0.15) is 12.4 Å². The third kappa shape index (κ3) is 4.14. The Kier molecular flexibility index (Phi) is 5.26. The maximum absolute atomic E-state index is 5.86. The highest BCUT2D eigenvalue weighted by Crippen LogP contribution is 2.21. The van der Waals surface area contributed by atoms with E-state index in [1.807, 2.05) is 0 Å². The molecule has 0 unspecified atom stereocenters. The van der Waals surface area contributed by atoms with Crippen LogP contribution in [-0.2, 0) is 0 Å². The van der Waals surface area contributed by atoms with Gasteiger partial charge in [-0.2, -0.15) is 0 Å². The largest absolute Gasteiger partial charge is 0.491 e. The Morgan fingerprint density at radius 2 is 2.11 bits per heavy atom. The molecule has 1 aliphatic carbocycles. The predicted octanol–water partition coefficient (Wildman–Crippen LogP) is 3.38. The quantitative estimate of drug-likeness (QED) is 0.819. The monoisotopic (exact) mass is 268 g/mol. The Labute approximate surface area is 114 Å². The van der Waals surface area contributed by atoms with Crippen molar-refractivity contribution in [1.82, 2.24) is 9.88 Å². The maximum atomic E-state index is 5.86. The number of ether oxygens (including phenoxy) is 1. The van der Waals surface area contributed by atoms with Crippen LogP contribution in [0.3, 0.4) is 0 Å². The number of nitrogens with zero attached hydrogens (tertiary/aromatic N) is 2. The number of halogens is 1. The molecule has 1 aromatic rings. The fraction of sp³-hybridized carbons (Fsp3) is 0.643. The second kappa shape index (κ2) is 6.95. The molecule has 2 rings (SSSR count). The van der Waals surface area contributed by atoms with Crippen LogP contribution >= 0.6 is 11.6 Å². The smallest absolute Gasteiger partial charge is 0.139 e. The Balaban J connectivity index is 1.71. The molecule has 4 heteroatoms. The summed E-state index contributed by atoms with van der Waals surface area (Å²) in [7, 11) is 2.19. The van der Waals surface area contributed by atoms with E-state index in [2.05, 4.69) is 16.9 Å². The van der Waals surface area contributed by atoms with Gasteiger partial charge in [0, 0.05) is 24.8 Å². The Morgan fingerprint density at radius 3 is 2.83 bits per heavy atom. The van der Waals surface area contributed by atoms with Crippen LogP contribution in [0.15, 0.2) is 18.5 Å². The highest BCUT2D eigenvalue weighted by molar-refractivity contribution is 6.30. The summed E-state index contributed by atoms with van der Waals surface area (Å²) in [5.74, 6) is 0.750. The summed E-state index contributed by atoms with van der Waals surface area (Å²) in [6.07, 6.45) is 10.1. The standard InChI is InChI=1S/C14H21ClN2O/c1-17(13-5-3-2-4-6-13)7-8-18-14-9-12(15)10-16-11-14/h9-11,13H,2-8H2,1H3. The molecule has 0 bridgehead atoms. The lowest BCUT2D eigenvalue weighted by molar-refractivity contribution is 0.160. The second-order valence-electron chi connectivity index (χ2n) is 4.96. The van der Waals surface area contributed by atoms with Crippen molar-refractivity contribution in [3.05, 3.63) is 23.5 Å². The van der Waals surface area contributed by atoms with Crippen molar-refractivity contribution in [3.8, 4) is 5.75 Å². The van der Waals surface area contributed by atoms with E-state index in [0.717, 1.165) is 18.3 Å². The molecule has 0 amide bonds. The molecule has 0 radical (unpaired) electrons. The molecule has 3 nitrogen and oxygen atoms in total. The molecule has 18 heavy (non-hydrogen) atoms. The molecule has 0 saturated heterocycles. The zero-order valence-corrected chi connectivity index (χ0v) is 11.7. The molecule has 100 valence electrons. The van der Waals surface area contributed by atoms with Crippen molar-refractivity contribution in [1.29, 1.82) is 0 Å². The zero-order chi connectivity index (χ0) is 12.8. The summed E-state index contributed by atoms with van der Waals surface area (Å²) in [6.45, 7) is 1.65. The van der Waals surface area contributed by atoms with Crippen molar-refractivity contribution in [2.24, 2.45) is 0 Å². The molecule has 0 aromatic carbocycles. The van der Waals surface area contributed by atoms with Gasteiger partial charge in [0.05, 0.1) is 11.2 Å². The first kappa shape index (κ1) is 13.6. The lowest BCUT2D eigenvalue weighted by Gasteiger charge is -2.30. The molecule has 1 aliphatic rings.